The quantitative estimate of drug-likeness (QED) is 0.338. The van der Waals surface area contributed by atoms with Gasteiger partial charge in [-0.2, -0.15) is 0 Å². The van der Waals surface area contributed by atoms with Crippen molar-refractivity contribution in [1.82, 2.24) is 5.32 Å². The molecule has 86 valence electrons. The molecule has 0 atom stereocenters. The Morgan fingerprint density at radius 3 is 2.57 bits per heavy atom. The molecule has 0 spiro atoms. The maximum absolute atomic E-state index is 8.48. The van der Waals surface area contributed by atoms with Crippen molar-refractivity contribution in [2.24, 2.45) is 5.73 Å². The third-order valence-corrected chi connectivity index (χ3v) is 1.96. The van der Waals surface area contributed by atoms with Crippen LogP contribution in [0.3, 0.4) is 0 Å². The van der Waals surface area contributed by atoms with Gasteiger partial charge in [0.2, 0.25) is 0 Å². The monoisotopic (exact) mass is 204 g/mol. The number of nitrogens with one attached hydrogen (secondary N) is 1. The van der Waals surface area contributed by atoms with Gasteiger partial charge in [-0.1, -0.05) is 12.8 Å². The van der Waals surface area contributed by atoms with Crippen molar-refractivity contribution in [3.05, 3.63) is 0 Å². The van der Waals surface area contributed by atoms with Crippen molar-refractivity contribution in [3.63, 3.8) is 0 Å². The normalized spacial score (nSPS) is 10.7. The highest BCUT2D eigenvalue weighted by atomic mass is 16.5. The van der Waals surface area contributed by atoms with Gasteiger partial charge in [0, 0.05) is 6.61 Å². The molecule has 4 nitrogen and oxygen atoms in total. The molecule has 4 heteroatoms. The minimum atomic E-state index is 0.207. The first-order chi connectivity index (χ1) is 6.91. The largest absolute Gasteiger partial charge is 0.396 e. The molecular formula is C10H24N2O2. The maximum Gasteiger partial charge on any atom is 0.0965 e. The van der Waals surface area contributed by atoms with Crippen LogP contribution in [0, 0.1) is 0 Å². The van der Waals surface area contributed by atoms with Gasteiger partial charge in [0.1, 0.15) is 0 Å². The van der Waals surface area contributed by atoms with E-state index in [0.717, 1.165) is 25.9 Å². The zero-order chi connectivity index (χ0) is 10.5. The van der Waals surface area contributed by atoms with Gasteiger partial charge in [0.25, 0.3) is 0 Å². The fourth-order valence-electron chi connectivity index (χ4n) is 1.13. The second-order valence-electron chi connectivity index (χ2n) is 3.33. The number of rotatable bonds is 11. The third kappa shape index (κ3) is 11.8. The van der Waals surface area contributed by atoms with Crippen LogP contribution in [0.2, 0.25) is 0 Å². The molecule has 0 aliphatic heterocycles. The van der Waals surface area contributed by atoms with E-state index in [9.17, 15) is 0 Å². The fourth-order valence-corrected chi connectivity index (χ4v) is 1.13. The summed E-state index contributed by atoms with van der Waals surface area (Å²) in [5.74, 6) is 0. The molecule has 0 aromatic carbocycles. The van der Waals surface area contributed by atoms with Crippen LogP contribution in [0.25, 0.3) is 0 Å². The molecule has 0 radical (unpaired) electrons. The lowest BCUT2D eigenvalue weighted by atomic mass is 10.2. The van der Waals surface area contributed by atoms with E-state index in [4.69, 9.17) is 15.6 Å². The lowest BCUT2D eigenvalue weighted by Gasteiger charge is -2.05. The summed E-state index contributed by atoms with van der Waals surface area (Å²) in [4.78, 5) is 0. The van der Waals surface area contributed by atoms with Crippen LogP contribution >= 0.6 is 0 Å². The van der Waals surface area contributed by atoms with Gasteiger partial charge in [0.05, 0.1) is 13.3 Å². The molecule has 0 heterocycles. The predicted molar refractivity (Wildman–Crippen MR) is 58.0 cm³/mol. The summed E-state index contributed by atoms with van der Waals surface area (Å²) in [7, 11) is 0. The van der Waals surface area contributed by atoms with Crippen molar-refractivity contribution >= 4 is 0 Å². The Balaban J connectivity index is 2.78. The SMILES string of the molecule is NCCCCCCNCOCCCO. The minimum Gasteiger partial charge on any atom is -0.396 e. The standard InChI is InChI=1S/C10H24N2O2/c11-6-3-1-2-4-7-12-10-14-9-5-8-13/h12-13H,1-11H2. The Morgan fingerprint density at radius 2 is 1.86 bits per heavy atom. The molecule has 0 aliphatic rings. The summed E-state index contributed by atoms with van der Waals surface area (Å²) in [6.07, 6.45) is 5.50. The number of hydrogen-bond donors (Lipinski definition) is 3. The molecule has 0 aliphatic carbocycles. The molecule has 0 aromatic heterocycles. The number of hydrogen-bond acceptors (Lipinski definition) is 4. The summed E-state index contributed by atoms with van der Waals surface area (Å²) in [5, 5.41) is 11.7. The zero-order valence-electron chi connectivity index (χ0n) is 9.00. The summed E-state index contributed by atoms with van der Waals surface area (Å²) < 4.78 is 5.21. The second kappa shape index (κ2) is 12.8. The van der Waals surface area contributed by atoms with E-state index in [-0.39, 0.29) is 6.61 Å². The highest BCUT2D eigenvalue weighted by Gasteiger charge is 1.89. The van der Waals surface area contributed by atoms with E-state index in [1.807, 2.05) is 0 Å². The van der Waals surface area contributed by atoms with E-state index in [2.05, 4.69) is 5.32 Å². The minimum absolute atomic E-state index is 0.207. The van der Waals surface area contributed by atoms with Gasteiger partial charge >= 0.3 is 0 Å². The number of ether oxygens (including phenoxy) is 1. The Labute approximate surface area is 86.8 Å². The Hall–Kier alpha value is -0.160. The van der Waals surface area contributed by atoms with Crippen LogP contribution in [0.1, 0.15) is 32.1 Å². The topological polar surface area (TPSA) is 67.5 Å². The van der Waals surface area contributed by atoms with Crippen molar-refractivity contribution in [2.45, 2.75) is 32.1 Å². The third-order valence-electron chi connectivity index (χ3n) is 1.96. The van der Waals surface area contributed by atoms with Gasteiger partial charge in [-0.15, -0.1) is 0 Å². The van der Waals surface area contributed by atoms with E-state index in [1.165, 1.54) is 19.3 Å². The van der Waals surface area contributed by atoms with Crippen molar-refractivity contribution in [3.8, 4) is 0 Å². The molecule has 0 saturated carbocycles. The molecule has 0 unspecified atom stereocenters. The highest BCUT2D eigenvalue weighted by molar-refractivity contribution is 4.46. The first-order valence-corrected chi connectivity index (χ1v) is 5.51. The Kier molecular flexibility index (Phi) is 12.7. The van der Waals surface area contributed by atoms with Crippen LogP contribution < -0.4 is 11.1 Å². The molecule has 0 saturated heterocycles. The first kappa shape index (κ1) is 13.8. The average molecular weight is 204 g/mol. The molecule has 0 amide bonds. The Bertz CT molecular complexity index is 90.1. The molecule has 0 fully saturated rings. The summed E-state index contributed by atoms with van der Waals surface area (Å²) in [5.41, 5.74) is 5.38. The lowest BCUT2D eigenvalue weighted by Crippen LogP contribution is -2.19. The number of aliphatic hydroxyl groups excluding tert-OH is 1. The lowest BCUT2D eigenvalue weighted by molar-refractivity contribution is 0.101. The smallest absolute Gasteiger partial charge is 0.0965 e. The van der Waals surface area contributed by atoms with Crippen molar-refractivity contribution < 1.29 is 9.84 Å². The predicted octanol–water partition coefficient (Wildman–Crippen LogP) is 0.452. The van der Waals surface area contributed by atoms with E-state index >= 15 is 0 Å². The molecule has 0 aromatic rings. The molecule has 0 rings (SSSR count). The second-order valence-corrected chi connectivity index (χ2v) is 3.33. The zero-order valence-corrected chi connectivity index (χ0v) is 9.00. The van der Waals surface area contributed by atoms with Gasteiger partial charge in [-0.25, -0.2) is 0 Å². The van der Waals surface area contributed by atoms with Crippen LogP contribution in [-0.2, 0) is 4.74 Å². The molecule has 14 heavy (non-hydrogen) atoms. The van der Waals surface area contributed by atoms with Crippen LogP contribution in [-0.4, -0.2) is 38.1 Å². The molecule has 0 bridgehead atoms. The van der Waals surface area contributed by atoms with Crippen molar-refractivity contribution in [2.75, 3.05) is 33.0 Å². The maximum atomic E-state index is 8.48. The van der Waals surface area contributed by atoms with E-state index < -0.39 is 0 Å². The fraction of sp³-hybridized carbons (Fsp3) is 1.00. The summed E-state index contributed by atoms with van der Waals surface area (Å²) in [6.45, 7) is 3.24. The van der Waals surface area contributed by atoms with Crippen LogP contribution in [0.15, 0.2) is 0 Å². The summed E-state index contributed by atoms with van der Waals surface area (Å²) in [6, 6.07) is 0. The van der Waals surface area contributed by atoms with Crippen LogP contribution in [0.5, 0.6) is 0 Å². The molecule has 4 N–H and O–H groups in total. The first-order valence-electron chi connectivity index (χ1n) is 5.51. The van der Waals surface area contributed by atoms with Gasteiger partial charge in [-0.05, 0) is 32.4 Å². The number of unbranched alkanes of at least 4 members (excludes halogenated alkanes) is 3. The van der Waals surface area contributed by atoms with Gasteiger partial charge in [0.15, 0.2) is 0 Å². The highest BCUT2D eigenvalue weighted by Crippen LogP contribution is 1.96. The molecular weight excluding hydrogens is 180 g/mol. The number of nitrogens with two attached hydrogens (primary N) is 1. The van der Waals surface area contributed by atoms with E-state index in [1.54, 1.807) is 0 Å². The average Bonchev–Trinajstić information content (AvgIpc) is 2.21. The van der Waals surface area contributed by atoms with Crippen molar-refractivity contribution in [1.29, 1.82) is 0 Å². The van der Waals surface area contributed by atoms with Gasteiger partial charge < -0.3 is 15.6 Å². The number of aliphatic hydroxyl groups is 1. The Morgan fingerprint density at radius 1 is 1.07 bits per heavy atom. The van der Waals surface area contributed by atoms with Crippen LogP contribution in [0.4, 0.5) is 0 Å². The van der Waals surface area contributed by atoms with E-state index in [0.29, 0.717) is 13.3 Å². The van der Waals surface area contributed by atoms with Gasteiger partial charge in [-0.3, -0.25) is 5.32 Å². The summed E-state index contributed by atoms with van der Waals surface area (Å²) >= 11 is 0.